The summed E-state index contributed by atoms with van der Waals surface area (Å²) in [6.45, 7) is 1.73. The molecule has 5 aromatic rings. The Labute approximate surface area is 314 Å². The van der Waals surface area contributed by atoms with Crippen LogP contribution in [-0.4, -0.2) is 51.2 Å². The molecule has 11 nitrogen and oxygen atoms in total. The standard InChI is InChI=1S/C37H31F7N6O5S/c1-35(2,52)12-11-21-7-8-22(23-5-4-6-25-31(23)55-48-34(25)49-56(3,53)54)30(45-21)27(15-18-13-19(38)16-20(39)14-18)46-28(51)17-50-33-29(32(47-50)37(42,43)44)24-9-10-26(24)36(33,40)41/h4-8,13-14,16,24,26-27,52H,9-10,15,17H2,1-3H3,(H,46,51)(H,48,49)/t24-,26+,27-/m0/s1. The van der Waals surface area contributed by atoms with Crippen LogP contribution in [0.2, 0.25) is 0 Å². The number of hydrogen-bond acceptors (Lipinski definition) is 8. The van der Waals surface area contributed by atoms with E-state index in [0.29, 0.717) is 10.7 Å². The molecule has 0 saturated heterocycles. The monoisotopic (exact) mass is 804 g/mol. The molecule has 19 heteroatoms. The largest absolute Gasteiger partial charge is 0.435 e. The number of sulfonamides is 1. The van der Waals surface area contributed by atoms with Crippen LogP contribution in [0.25, 0.3) is 22.1 Å². The highest BCUT2D eigenvalue weighted by Gasteiger charge is 2.63. The average Bonchev–Trinajstić information content (AvgIpc) is 3.66. The Morgan fingerprint density at radius 2 is 1.80 bits per heavy atom. The lowest BCUT2D eigenvalue weighted by Gasteiger charge is -2.34. The maximum Gasteiger partial charge on any atom is 0.435 e. The van der Waals surface area contributed by atoms with Crippen molar-refractivity contribution < 1.29 is 53.6 Å². The molecule has 294 valence electrons. The number of carbonyl (C=O) groups excluding carboxylic acids is 1. The van der Waals surface area contributed by atoms with E-state index in [1.54, 1.807) is 6.07 Å². The zero-order valence-electron chi connectivity index (χ0n) is 29.6. The third-order valence-corrected chi connectivity index (χ3v) is 10.1. The normalized spacial score (nSPS) is 18.1. The molecule has 56 heavy (non-hydrogen) atoms. The number of pyridine rings is 1. The highest BCUT2D eigenvalue weighted by Crippen LogP contribution is 2.64. The number of alkyl halides is 5. The number of aliphatic hydroxyl groups is 1. The minimum atomic E-state index is -5.09. The third-order valence-electron chi connectivity index (χ3n) is 9.50. The van der Waals surface area contributed by atoms with Gasteiger partial charge in [0, 0.05) is 28.7 Å². The first-order chi connectivity index (χ1) is 26.1. The molecule has 2 aliphatic carbocycles. The van der Waals surface area contributed by atoms with Gasteiger partial charge in [0.05, 0.1) is 23.4 Å². The van der Waals surface area contributed by atoms with Gasteiger partial charge in [-0.3, -0.25) is 14.2 Å². The van der Waals surface area contributed by atoms with E-state index >= 15 is 8.78 Å². The fourth-order valence-electron chi connectivity index (χ4n) is 7.19. The maximum atomic E-state index is 15.6. The number of nitrogens with zero attached hydrogens (tertiary/aromatic N) is 4. The van der Waals surface area contributed by atoms with Crippen molar-refractivity contribution in [3.05, 3.63) is 94.1 Å². The summed E-state index contributed by atoms with van der Waals surface area (Å²) in [5.41, 5.74) is -4.15. The number of hydrogen-bond donors (Lipinski definition) is 3. The molecule has 3 N–H and O–H groups in total. The van der Waals surface area contributed by atoms with E-state index in [-0.39, 0.29) is 57.7 Å². The van der Waals surface area contributed by atoms with Gasteiger partial charge < -0.3 is 14.9 Å². The lowest BCUT2D eigenvalue weighted by atomic mass is 9.73. The summed E-state index contributed by atoms with van der Waals surface area (Å²) in [7, 11) is -3.81. The van der Waals surface area contributed by atoms with Crippen LogP contribution in [0.15, 0.2) is 53.1 Å². The zero-order chi connectivity index (χ0) is 40.5. The fraction of sp³-hybridized carbons (Fsp3) is 0.351. The summed E-state index contributed by atoms with van der Waals surface area (Å²) in [5.74, 6) is -4.01. The van der Waals surface area contributed by atoms with Crippen LogP contribution in [0.3, 0.4) is 0 Å². The van der Waals surface area contributed by atoms with Crippen molar-refractivity contribution in [2.45, 2.75) is 69.3 Å². The quantitative estimate of drug-likeness (QED) is 0.112. The van der Waals surface area contributed by atoms with Crippen molar-refractivity contribution in [2.24, 2.45) is 5.92 Å². The van der Waals surface area contributed by atoms with Gasteiger partial charge in [0.25, 0.3) is 5.92 Å². The van der Waals surface area contributed by atoms with Gasteiger partial charge in [-0.1, -0.05) is 23.2 Å². The van der Waals surface area contributed by atoms with Gasteiger partial charge in [-0.25, -0.2) is 22.2 Å². The van der Waals surface area contributed by atoms with E-state index in [0.717, 1.165) is 18.4 Å². The predicted octanol–water partition coefficient (Wildman–Crippen LogP) is 6.58. The number of halogens is 7. The van der Waals surface area contributed by atoms with Crippen LogP contribution in [0, 0.1) is 29.4 Å². The summed E-state index contributed by atoms with van der Waals surface area (Å²) < 4.78 is 135. The number of para-hydroxylation sites is 1. The highest BCUT2D eigenvalue weighted by atomic mass is 32.2. The van der Waals surface area contributed by atoms with E-state index in [2.05, 4.69) is 37.1 Å². The van der Waals surface area contributed by atoms with Crippen molar-refractivity contribution >= 4 is 32.7 Å². The van der Waals surface area contributed by atoms with Gasteiger partial charge in [0.2, 0.25) is 15.9 Å². The topological polar surface area (TPSA) is 152 Å². The second-order valence-electron chi connectivity index (χ2n) is 14.3. The third kappa shape index (κ3) is 7.54. The first-order valence-corrected chi connectivity index (χ1v) is 18.9. The fourth-order valence-corrected chi connectivity index (χ4v) is 7.69. The lowest BCUT2D eigenvalue weighted by Crippen LogP contribution is -2.36. The molecule has 3 aromatic heterocycles. The summed E-state index contributed by atoms with van der Waals surface area (Å²) in [4.78, 5) is 18.5. The molecule has 0 radical (unpaired) electrons. The smallest absolute Gasteiger partial charge is 0.378 e. The number of nitrogens with one attached hydrogen (secondary N) is 2. The molecule has 3 heterocycles. The molecule has 3 atom stereocenters. The second-order valence-corrected chi connectivity index (χ2v) is 16.1. The first-order valence-electron chi connectivity index (χ1n) is 17.0. The SMILES string of the molecule is CC(C)(O)C#Cc1ccc(-c2cccc3c(NS(C)(=O)=O)noc23)c([C@H](Cc2cc(F)cc(F)c2)NC(=O)Cn2nc(C(F)(F)F)c3c2C(F)(F)[C@@H]2CC[C@H]32)n1. The van der Waals surface area contributed by atoms with Crippen molar-refractivity contribution in [1.82, 2.24) is 25.2 Å². The Hall–Kier alpha value is -5.48. The van der Waals surface area contributed by atoms with Crippen molar-refractivity contribution in [3.8, 4) is 23.0 Å². The van der Waals surface area contributed by atoms with E-state index in [9.17, 15) is 40.3 Å². The van der Waals surface area contributed by atoms with E-state index in [1.165, 1.54) is 38.1 Å². The Balaban J connectivity index is 1.36. The molecular weight excluding hydrogens is 773 g/mol. The van der Waals surface area contributed by atoms with Gasteiger partial charge in [0.1, 0.15) is 35.2 Å². The number of benzene rings is 2. The number of anilines is 1. The number of amides is 1. The molecule has 1 amide bonds. The lowest BCUT2D eigenvalue weighted by molar-refractivity contribution is -0.144. The average molecular weight is 805 g/mol. The Bertz CT molecular complexity index is 2550. The summed E-state index contributed by atoms with van der Waals surface area (Å²) in [6, 6.07) is 8.71. The van der Waals surface area contributed by atoms with Crippen molar-refractivity contribution in [1.29, 1.82) is 0 Å². The van der Waals surface area contributed by atoms with Crippen LogP contribution in [-0.2, 0) is 39.9 Å². The van der Waals surface area contributed by atoms with Gasteiger partial charge in [-0.15, -0.1) is 0 Å². The highest BCUT2D eigenvalue weighted by molar-refractivity contribution is 7.92. The number of carbonyl (C=O) groups is 1. The zero-order valence-corrected chi connectivity index (χ0v) is 30.4. The van der Waals surface area contributed by atoms with Gasteiger partial charge in [0.15, 0.2) is 17.1 Å². The molecule has 0 unspecified atom stereocenters. The van der Waals surface area contributed by atoms with E-state index in [1.807, 2.05) is 0 Å². The molecule has 7 rings (SSSR count). The minimum absolute atomic E-state index is 0.00603. The molecule has 2 aliphatic rings. The number of rotatable bonds is 9. The maximum absolute atomic E-state index is 15.6. The molecular formula is C37H31F7N6O5S. The van der Waals surface area contributed by atoms with Crippen LogP contribution in [0.4, 0.5) is 36.6 Å². The first kappa shape index (κ1) is 38.8. The molecule has 0 aliphatic heterocycles. The summed E-state index contributed by atoms with van der Waals surface area (Å²) >= 11 is 0. The van der Waals surface area contributed by atoms with Crippen LogP contribution in [0.5, 0.6) is 0 Å². The van der Waals surface area contributed by atoms with Gasteiger partial charge in [-0.05, 0) is 80.8 Å². The molecule has 2 aromatic carbocycles. The van der Waals surface area contributed by atoms with Crippen LogP contribution < -0.4 is 10.0 Å². The van der Waals surface area contributed by atoms with Gasteiger partial charge >= 0.3 is 6.18 Å². The molecule has 0 spiro atoms. The Morgan fingerprint density at radius 1 is 1.09 bits per heavy atom. The minimum Gasteiger partial charge on any atom is -0.378 e. The number of aromatic nitrogens is 4. The van der Waals surface area contributed by atoms with Crippen LogP contribution in [0.1, 0.15) is 72.6 Å². The van der Waals surface area contributed by atoms with Crippen LogP contribution >= 0.6 is 0 Å². The molecule has 1 fully saturated rings. The van der Waals surface area contributed by atoms with Crippen molar-refractivity contribution in [2.75, 3.05) is 11.0 Å². The predicted molar refractivity (Wildman–Crippen MR) is 186 cm³/mol. The van der Waals surface area contributed by atoms with Crippen molar-refractivity contribution in [3.63, 3.8) is 0 Å². The Kier molecular flexibility index (Phi) is 9.43. The van der Waals surface area contributed by atoms with E-state index in [4.69, 9.17) is 4.52 Å². The van der Waals surface area contributed by atoms with E-state index < -0.39 is 93.1 Å². The molecule has 0 bridgehead atoms. The second kappa shape index (κ2) is 13.6. The summed E-state index contributed by atoms with van der Waals surface area (Å²) in [5, 5.41) is 20.4. The number of fused-ring (bicyclic) bond motifs is 4. The Morgan fingerprint density at radius 3 is 2.43 bits per heavy atom. The molecule has 1 saturated carbocycles. The summed E-state index contributed by atoms with van der Waals surface area (Å²) in [6.07, 6.45) is -4.49. The van der Waals surface area contributed by atoms with Gasteiger partial charge in [-0.2, -0.15) is 27.1 Å².